The van der Waals surface area contributed by atoms with Crippen LogP contribution in [0.15, 0.2) is 42.6 Å². The van der Waals surface area contributed by atoms with Gasteiger partial charge in [0.05, 0.1) is 36.9 Å². The van der Waals surface area contributed by atoms with Crippen molar-refractivity contribution in [1.82, 2.24) is 15.5 Å². The lowest BCUT2D eigenvalue weighted by molar-refractivity contribution is -0.613. The molecule has 0 unspecified atom stereocenters. The van der Waals surface area contributed by atoms with Crippen molar-refractivity contribution in [2.75, 3.05) is 26.7 Å². The van der Waals surface area contributed by atoms with Crippen LogP contribution in [0.25, 0.3) is 0 Å². The van der Waals surface area contributed by atoms with E-state index in [1.54, 1.807) is 6.07 Å². The van der Waals surface area contributed by atoms with Crippen LogP contribution >= 0.6 is 0 Å². The Hall–Kier alpha value is -3.38. The predicted molar refractivity (Wildman–Crippen MR) is 125 cm³/mol. The Morgan fingerprint density at radius 3 is 2.54 bits per heavy atom. The fourth-order valence-electron chi connectivity index (χ4n) is 4.91. The van der Waals surface area contributed by atoms with E-state index in [0.29, 0.717) is 36.2 Å². The molecule has 1 saturated heterocycles. The molecule has 1 aliphatic heterocycles. The van der Waals surface area contributed by atoms with Gasteiger partial charge in [-0.05, 0) is 49.9 Å². The van der Waals surface area contributed by atoms with Crippen LogP contribution in [0.2, 0.25) is 0 Å². The van der Waals surface area contributed by atoms with E-state index >= 15 is 0 Å². The van der Waals surface area contributed by atoms with E-state index in [4.69, 9.17) is 4.74 Å². The SMILES string of the molecule is COc1ccc(C2(O)CCC(N3CC(NC(=O)CNC(=O)c4cccc(C(F)(F)F)c4)C3)CC2)c[n+]1[O-]. The highest BCUT2D eigenvalue weighted by atomic mass is 19.4. The highest BCUT2D eigenvalue weighted by molar-refractivity contribution is 5.96. The van der Waals surface area contributed by atoms with Gasteiger partial charge in [0.2, 0.25) is 5.91 Å². The van der Waals surface area contributed by atoms with E-state index in [1.165, 1.54) is 25.4 Å². The number of likely N-dealkylation sites (tertiary alicyclic amines) is 1. The van der Waals surface area contributed by atoms with Crippen LogP contribution in [0.3, 0.4) is 0 Å². The molecule has 0 spiro atoms. The van der Waals surface area contributed by atoms with Crippen molar-refractivity contribution in [1.29, 1.82) is 0 Å². The average Bonchev–Trinajstić information content (AvgIpc) is 2.84. The number of methoxy groups -OCH3 is 1. The normalized spacial score (nSPS) is 22.7. The Morgan fingerprint density at radius 2 is 1.92 bits per heavy atom. The third-order valence-corrected chi connectivity index (χ3v) is 7.06. The number of nitrogens with zero attached hydrogens (tertiary/aromatic N) is 2. The lowest BCUT2D eigenvalue weighted by Crippen LogP contribution is -2.63. The molecule has 1 saturated carbocycles. The molecule has 12 heteroatoms. The Labute approximate surface area is 211 Å². The molecular formula is C25H29F3N4O5. The van der Waals surface area contributed by atoms with Crippen molar-refractivity contribution in [3.63, 3.8) is 0 Å². The fourth-order valence-corrected chi connectivity index (χ4v) is 4.91. The molecule has 1 aromatic carbocycles. The van der Waals surface area contributed by atoms with Crippen LogP contribution in [0.1, 0.15) is 47.2 Å². The minimum Gasteiger partial charge on any atom is -0.616 e. The van der Waals surface area contributed by atoms with Crippen LogP contribution in [0, 0.1) is 5.21 Å². The summed E-state index contributed by atoms with van der Waals surface area (Å²) in [6.45, 7) is 0.905. The summed E-state index contributed by atoms with van der Waals surface area (Å²) in [5.74, 6) is -1.02. The number of ether oxygens (including phenoxy) is 1. The monoisotopic (exact) mass is 522 g/mol. The maximum atomic E-state index is 12.8. The van der Waals surface area contributed by atoms with E-state index in [9.17, 15) is 33.1 Å². The molecule has 0 radical (unpaired) electrons. The van der Waals surface area contributed by atoms with Crippen molar-refractivity contribution in [3.8, 4) is 5.88 Å². The van der Waals surface area contributed by atoms with Gasteiger partial charge in [0, 0.05) is 30.3 Å². The number of amides is 2. The van der Waals surface area contributed by atoms with Crippen LogP contribution < -0.4 is 20.1 Å². The lowest BCUT2D eigenvalue weighted by Gasteiger charge is -2.48. The highest BCUT2D eigenvalue weighted by Crippen LogP contribution is 2.39. The van der Waals surface area contributed by atoms with Crippen molar-refractivity contribution in [3.05, 3.63) is 64.5 Å². The minimum absolute atomic E-state index is 0.0974. The summed E-state index contributed by atoms with van der Waals surface area (Å²) in [6, 6.07) is 7.40. The standard InChI is InChI=1S/C25H29F3N4O5/c1-37-22-6-5-18(13-32(22)36)24(35)9-7-20(8-10-24)31-14-19(15-31)30-21(33)12-29-23(34)16-3-2-4-17(11-16)25(26,27)28/h2-6,11,13,19-20,35H,7-10,12,14-15H2,1H3,(H,29,34)(H,30,33). The smallest absolute Gasteiger partial charge is 0.416 e. The number of hydrogen-bond acceptors (Lipinski definition) is 6. The molecule has 2 fully saturated rings. The van der Waals surface area contributed by atoms with Gasteiger partial charge in [-0.2, -0.15) is 13.2 Å². The number of hydrogen-bond donors (Lipinski definition) is 3. The summed E-state index contributed by atoms with van der Waals surface area (Å²) in [4.78, 5) is 26.6. The van der Waals surface area contributed by atoms with Gasteiger partial charge in [-0.15, -0.1) is 4.73 Å². The Kier molecular flexibility index (Phi) is 7.60. The number of aromatic nitrogens is 1. The first-order valence-corrected chi connectivity index (χ1v) is 12.0. The van der Waals surface area contributed by atoms with E-state index in [2.05, 4.69) is 15.5 Å². The Bertz CT molecular complexity index is 1150. The molecule has 9 nitrogen and oxygen atoms in total. The maximum absolute atomic E-state index is 12.8. The summed E-state index contributed by atoms with van der Waals surface area (Å²) < 4.78 is 44.0. The molecule has 1 aliphatic carbocycles. The second-order valence-corrected chi connectivity index (χ2v) is 9.53. The molecule has 2 amide bonds. The highest BCUT2D eigenvalue weighted by Gasteiger charge is 2.41. The number of carbonyl (C=O) groups excluding carboxylic acids is 2. The summed E-state index contributed by atoms with van der Waals surface area (Å²) >= 11 is 0. The van der Waals surface area contributed by atoms with Gasteiger partial charge >= 0.3 is 12.1 Å². The van der Waals surface area contributed by atoms with Crippen LogP contribution in [-0.4, -0.2) is 60.6 Å². The van der Waals surface area contributed by atoms with E-state index < -0.39 is 29.2 Å². The lowest BCUT2D eigenvalue weighted by atomic mass is 9.77. The van der Waals surface area contributed by atoms with Gasteiger partial charge in [-0.3, -0.25) is 14.5 Å². The first kappa shape index (κ1) is 26.7. The number of pyridine rings is 1. The molecule has 4 rings (SSSR count). The first-order valence-electron chi connectivity index (χ1n) is 12.0. The van der Waals surface area contributed by atoms with Crippen LogP contribution in [0.5, 0.6) is 5.88 Å². The number of alkyl halides is 3. The number of benzene rings is 1. The minimum atomic E-state index is -4.56. The van der Waals surface area contributed by atoms with Gasteiger partial charge < -0.3 is 25.7 Å². The maximum Gasteiger partial charge on any atom is 0.416 e. The molecule has 200 valence electrons. The third kappa shape index (κ3) is 6.13. The largest absolute Gasteiger partial charge is 0.616 e. The second-order valence-electron chi connectivity index (χ2n) is 9.53. The summed E-state index contributed by atoms with van der Waals surface area (Å²) in [5.41, 5.74) is -1.62. The zero-order chi connectivity index (χ0) is 26.8. The van der Waals surface area contributed by atoms with Gasteiger partial charge in [-0.25, -0.2) is 0 Å². The zero-order valence-corrected chi connectivity index (χ0v) is 20.3. The number of nitrogens with one attached hydrogen (secondary N) is 2. The first-order chi connectivity index (χ1) is 17.5. The average molecular weight is 523 g/mol. The Balaban J connectivity index is 1.19. The van der Waals surface area contributed by atoms with Crippen molar-refractivity contribution < 1.29 is 37.3 Å². The van der Waals surface area contributed by atoms with Crippen LogP contribution in [0.4, 0.5) is 13.2 Å². The van der Waals surface area contributed by atoms with Crippen molar-refractivity contribution in [2.24, 2.45) is 0 Å². The topological polar surface area (TPSA) is 118 Å². The third-order valence-electron chi connectivity index (χ3n) is 7.06. The molecular weight excluding hydrogens is 493 g/mol. The molecule has 2 aromatic rings. The van der Waals surface area contributed by atoms with E-state index in [0.717, 1.165) is 31.0 Å². The number of aliphatic hydroxyl groups is 1. The van der Waals surface area contributed by atoms with Crippen molar-refractivity contribution >= 4 is 11.8 Å². The molecule has 0 bridgehead atoms. The van der Waals surface area contributed by atoms with Gasteiger partial charge in [0.25, 0.3) is 5.91 Å². The molecule has 2 heterocycles. The van der Waals surface area contributed by atoms with E-state index in [-0.39, 0.29) is 30.1 Å². The van der Waals surface area contributed by atoms with Gasteiger partial charge in [0.15, 0.2) is 6.20 Å². The zero-order valence-electron chi connectivity index (χ0n) is 20.3. The second kappa shape index (κ2) is 10.5. The number of carbonyl (C=O) groups is 2. The Morgan fingerprint density at radius 1 is 1.22 bits per heavy atom. The molecule has 1 aromatic heterocycles. The van der Waals surface area contributed by atoms with Gasteiger partial charge in [0.1, 0.15) is 0 Å². The summed E-state index contributed by atoms with van der Waals surface area (Å²) in [5, 5.41) is 28.2. The molecule has 2 aliphatic rings. The molecule has 3 N–H and O–H groups in total. The molecule has 37 heavy (non-hydrogen) atoms. The number of halogens is 3. The van der Waals surface area contributed by atoms with Gasteiger partial charge in [-0.1, -0.05) is 6.07 Å². The van der Waals surface area contributed by atoms with E-state index in [1.807, 2.05) is 0 Å². The van der Waals surface area contributed by atoms with Crippen LogP contribution in [-0.2, 0) is 16.6 Å². The summed E-state index contributed by atoms with van der Waals surface area (Å²) in [7, 11) is 1.41. The predicted octanol–water partition coefficient (Wildman–Crippen LogP) is 1.71. The fraction of sp³-hybridized carbons (Fsp3) is 0.480. The summed E-state index contributed by atoms with van der Waals surface area (Å²) in [6.07, 6.45) is -0.751. The quantitative estimate of drug-likeness (QED) is 0.377. The van der Waals surface area contributed by atoms with Crippen molar-refractivity contribution in [2.45, 2.75) is 49.5 Å². The molecule has 0 atom stereocenters. The number of rotatable bonds is 7.